The third-order valence-corrected chi connectivity index (χ3v) is 19.0. The van der Waals surface area contributed by atoms with Crippen LogP contribution in [-0.4, -0.2) is 28.0 Å². The molecule has 0 amide bonds. The molecule has 65 heavy (non-hydrogen) atoms. The highest BCUT2D eigenvalue weighted by atomic mass is 32.1. The van der Waals surface area contributed by atoms with E-state index in [1.165, 1.54) is 0 Å². The van der Waals surface area contributed by atoms with Crippen molar-refractivity contribution in [2.45, 2.75) is 0 Å². The van der Waals surface area contributed by atoms with Crippen LogP contribution in [-0.2, 0) is 0 Å². The maximum atomic E-state index is 7.06. The summed E-state index contributed by atoms with van der Waals surface area (Å²) in [5, 5.41) is 12.7. The van der Waals surface area contributed by atoms with Gasteiger partial charge in [0.2, 0.25) is 8.07 Å². The highest BCUT2D eigenvalue weighted by molar-refractivity contribution is 7.30. The van der Waals surface area contributed by atoms with Crippen molar-refractivity contribution in [1.29, 1.82) is 0 Å². The molecule has 0 bridgehead atoms. The fraction of sp³-hybridized carbons (Fsp3) is 0. The van der Waals surface area contributed by atoms with Crippen LogP contribution in [0.25, 0.3) is 109 Å². The van der Waals surface area contributed by atoms with Crippen molar-refractivity contribution in [1.82, 2.24) is 19.9 Å². The second-order valence-electron chi connectivity index (χ2n) is 16.4. The molecular weight excluding hydrogens is 837 g/mol. The van der Waals surface area contributed by atoms with Crippen molar-refractivity contribution in [3.8, 4) is 22.5 Å². The Morgan fingerprint density at radius 3 is 1.46 bits per heavy atom. The first kappa shape index (κ1) is 36.3. The number of thiophene rings is 1. The number of furan rings is 3. The summed E-state index contributed by atoms with van der Waals surface area (Å²) in [6.07, 6.45) is 7.65. The van der Waals surface area contributed by atoms with E-state index in [0.29, 0.717) is 0 Å². The third kappa shape index (κ3) is 5.22. The average molecular weight is 869 g/mol. The molecule has 0 spiro atoms. The van der Waals surface area contributed by atoms with E-state index < -0.39 is 8.07 Å². The molecule has 0 unspecified atom stereocenters. The second kappa shape index (κ2) is 13.9. The molecule has 0 N–H and O–H groups in total. The van der Waals surface area contributed by atoms with E-state index in [-0.39, 0.29) is 0 Å². The van der Waals surface area contributed by atoms with E-state index in [2.05, 4.69) is 121 Å². The zero-order valence-electron chi connectivity index (χ0n) is 34.4. The first-order valence-corrected chi connectivity index (χ1v) is 24.3. The number of hydrogen-bond donors (Lipinski definition) is 0. The highest BCUT2D eigenvalue weighted by Crippen LogP contribution is 2.41. The lowest BCUT2D eigenvalue weighted by Gasteiger charge is -2.32. The molecule has 9 heteroatoms. The monoisotopic (exact) mass is 868 g/mol. The molecule has 0 radical (unpaired) electrons. The van der Waals surface area contributed by atoms with Crippen LogP contribution in [0.3, 0.4) is 0 Å². The molecule has 14 aromatic rings. The molecule has 0 fully saturated rings. The first-order chi connectivity index (χ1) is 32.2. The van der Waals surface area contributed by atoms with Gasteiger partial charge in [-0.15, -0.1) is 11.3 Å². The SMILES string of the molecule is c1ccc([Si](c2ccccc2)(c2nccc3c2oc2ccc(-c4nccc5c4oc4ccccc45)cc23)c2nccc3c2sc2ccc(-c4nccc5c4oc4ccccc45)cc23)cc1. The van der Waals surface area contributed by atoms with E-state index in [0.717, 1.165) is 130 Å². The molecule has 0 atom stereocenters. The average Bonchev–Trinajstić information content (AvgIpc) is 4.15. The number of para-hydroxylation sites is 2. The second-order valence-corrected chi connectivity index (χ2v) is 21.1. The fourth-order valence-electron chi connectivity index (χ4n) is 10.2. The molecule has 7 nitrogen and oxygen atoms in total. The topological polar surface area (TPSA) is 91.0 Å². The molecule has 0 aliphatic heterocycles. The Kier molecular flexibility index (Phi) is 7.74. The van der Waals surface area contributed by atoms with E-state index in [1.54, 1.807) is 11.3 Å². The van der Waals surface area contributed by atoms with E-state index in [9.17, 15) is 0 Å². The first-order valence-electron chi connectivity index (χ1n) is 21.5. The third-order valence-electron chi connectivity index (χ3n) is 13.0. The van der Waals surface area contributed by atoms with Crippen molar-refractivity contribution in [3.05, 3.63) is 195 Å². The molecule has 6 aromatic carbocycles. The predicted molar refractivity (Wildman–Crippen MR) is 267 cm³/mol. The van der Waals surface area contributed by atoms with Gasteiger partial charge in [0, 0.05) is 83.7 Å². The van der Waals surface area contributed by atoms with Crippen molar-refractivity contribution in [2.75, 3.05) is 0 Å². The van der Waals surface area contributed by atoms with Crippen LogP contribution in [0.5, 0.6) is 0 Å². The van der Waals surface area contributed by atoms with Gasteiger partial charge in [-0.3, -0.25) is 19.9 Å². The minimum absolute atomic E-state index is 0.751. The normalized spacial score (nSPS) is 12.3. The van der Waals surface area contributed by atoms with Crippen molar-refractivity contribution < 1.29 is 13.3 Å². The smallest absolute Gasteiger partial charge is 0.230 e. The molecule has 304 valence electrons. The molecule has 8 aromatic heterocycles. The Balaban J connectivity index is 1.02. The summed E-state index contributed by atoms with van der Waals surface area (Å²) in [6.45, 7) is 0. The Hall–Kier alpha value is -8.24. The Bertz CT molecular complexity index is 3940. The largest absolute Gasteiger partial charge is 0.455 e. The maximum absolute atomic E-state index is 7.06. The standard InChI is InChI=1S/C56H32N4O3SSi/c1-3-11-35(12-4-1)65(36-13-5-2-6-14-36,55-53-41(25-29-59-55)43-31-33(19-21-47(43)63-53)49-51-39(23-27-57-49)37-15-7-9-17-45(37)61-51)56-54-42(26-30-60-56)44-32-34(20-22-48(44)64-54)50-52-40(24-28-58-50)38-16-8-10-18-46(38)62-52/h1-32H. The van der Waals surface area contributed by atoms with E-state index in [4.69, 9.17) is 33.2 Å². The molecule has 14 rings (SSSR count). The summed E-state index contributed by atoms with van der Waals surface area (Å²) < 4.78 is 22.2. The maximum Gasteiger partial charge on any atom is 0.230 e. The van der Waals surface area contributed by atoms with Gasteiger partial charge in [-0.25, -0.2) is 0 Å². The lowest BCUT2D eigenvalue weighted by Crippen LogP contribution is -2.76. The summed E-state index contributed by atoms with van der Waals surface area (Å²) in [5.74, 6) is 0. The molecule has 0 saturated carbocycles. The number of rotatable bonds is 6. The van der Waals surface area contributed by atoms with Gasteiger partial charge in [-0.05, 0) is 77.1 Å². The molecule has 0 aliphatic carbocycles. The van der Waals surface area contributed by atoms with Gasteiger partial charge in [0.05, 0.1) is 15.3 Å². The summed E-state index contributed by atoms with van der Waals surface area (Å²) >= 11 is 1.78. The summed E-state index contributed by atoms with van der Waals surface area (Å²) in [4.78, 5) is 20.6. The van der Waals surface area contributed by atoms with Crippen LogP contribution in [0.2, 0.25) is 0 Å². The Morgan fingerprint density at radius 1 is 0.354 bits per heavy atom. The molecule has 0 saturated heterocycles. The molecule has 8 heterocycles. The summed E-state index contributed by atoms with van der Waals surface area (Å²) in [5.41, 5.74) is 8.31. The number of nitrogens with zero attached hydrogens (tertiary/aromatic N) is 4. The van der Waals surface area contributed by atoms with Crippen LogP contribution >= 0.6 is 11.3 Å². The lowest BCUT2D eigenvalue weighted by atomic mass is 10.1. The van der Waals surface area contributed by atoms with Crippen LogP contribution < -0.4 is 21.0 Å². The van der Waals surface area contributed by atoms with Crippen molar-refractivity contribution >= 4 is 126 Å². The highest BCUT2D eigenvalue weighted by Gasteiger charge is 2.48. The number of aromatic nitrogens is 4. The number of fused-ring (bicyclic) bond motifs is 12. The predicted octanol–water partition coefficient (Wildman–Crippen LogP) is 12.0. The number of hydrogen-bond acceptors (Lipinski definition) is 8. The van der Waals surface area contributed by atoms with Gasteiger partial charge in [-0.2, -0.15) is 0 Å². The van der Waals surface area contributed by atoms with Gasteiger partial charge in [0.15, 0.2) is 16.7 Å². The van der Waals surface area contributed by atoms with Gasteiger partial charge in [0.1, 0.15) is 28.1 Å². The fourth-order valence-corrected chi connectivity index (χ4v) is 16.4. The number of pyridine rings is 4. The minimum atomic E-state index is -3.38. The van der Waals surface area contributed by atoms with Crippen molar-refractivity contribution in [2.24, 2.45) is 0 Å². The quantitative estimate of drug-likeness (QED) is 0.154. The van der Waals surface area contributed by atoms with Crippen LogP contribution in [0, 0.1) is 0 Å². The zero-order chi connectivity index (χ0) is 42.6. The Labute approximate surface area is 374 Å². The van der Waals surface area contributed by atoms with Gasteiger partial charge in [0.25, 0.3) is 0 Å². The number of benzene rings is 6. The summed E-state index contributed by atoms with van der Waals surface area (Å²) in [6, 6.07) is 59.1. The van der Waals surface area contributed by atoms with E-state index >= 15 is 0 Å². The zero-order valence-corrected chi connectivity index (χ0v) is 36.2. The minimum Gasteiger partial charge on any atom is -0.455 e. The van der Waals surface area contributed by atoms with Crippen LogP contribution in [0.4, 0.5) is 0 Å². The van der Waals surface area contributed by atoms with Gasteiger partial charge >= 0.3 is 0 Å². The summed E-state index contributed by atoms with van der Waals surface area (Å²) in [7, 11) is -3.38. The van der Waals surface area contributed by atoms with Crippen LogP contribution in [0.1, 0.15) is 0 Å². The van der Waals surface area contributed by atoms with E-state index in [1.807, 2.05) is 73.3 Å². The van der Waals surface area contributed by atoms with Crippen molar-refractivity contribution in [3.63, 3.8) is 0 Å². The van der Waals surface area contributed by atoms with Crippen LogP contribution in [0.15, 0.2) is 208 Å². The van der Waals surface area contributed by atoms with Gasteiger partial charge < -0.3 is 13.3 Å². The lowest BCUT2D eigenvalue weighted by molar-refractivity contribution is 0.667. The molecular formula is C56H32N4O3SSi. The molecule has 0 aliphatic rings. The van der Waals surface area contributed by atoms with Gasteiger partial charge in [-0.1, -0.05) is 103 Å². The Morgan fingerprint density at radius 2 is 0.831 bits per heavy atom.